The summed E-state index contributed by atoms with van der Waals surface area (Å²) in [5.74, 6) is 0.576. The lowest BCUT2D eigenvalue weighted by Gasteiger charge is -2.24. The Morgan fingerprint density at radius 2 is 2.00 bits per heavy atom. The number of halogens is 3. The molecule has 1 fully saturated rings. The lowest BCUT2D eigenvalue weighted by Crippen LogP contribution is -2.34. The van der Waals surface area contributed by atoms with Crippen molar-refractivity contribution in [3.63, 3.8) is 0 Å². The number of amides is 1. The summed E-state index contributed by atoms with van der Waals surface area (Å²) in [5, 5.41) is 7.28. The highest BCUT2D eigenvalue weighted by molar-refractivity contribution is 14.0. The van der Waals surface area contributed by atoms with E-state index in [-0.39, 0.29) is 41.8 Å². The van der Waals surface area contributed by atoms with E-state index in [0.717, 1.165) is 36.1 Å². The van der Waals surface area contributed by atoms with E-state index in [9.17, 15) is 4.79 Å². The zero-order valence-electron chi connectivity index (χ0n) is 16.1. The summed E-state index contributed by atoms with van der Waals surface area (Å²) in [7, 11) is 0. The molecule has 0 heterocycles. The molecule has 0 aliphatic heterocycles. The molecule has 0 saturated heterocycles. The van der Waals surface area contributed by atoms with Gasteiger partial charge in [0.1, 0.15) is 0 Å². The van der Waals surface area contributed by atoms with Crippen LogP contribution in [0.4, 0.5) is 5.69 Å². The third kappa shape index (κ3) is 6.76. The predicted molar refractivity (Wildman–Crippen MR) is 131 cm³/mol. The van der Waals surface area contributed by atoms with E-state index in [4.69, 9.17) is 28.9 Å². The molecule has 5 nitrogen and oxygen atoms in total. The Bertz CT molecular complexity index is 887. The van der Waals surface area contributed by atoms with Crippen LogP contribution in [-0.2, 0) is 11.3 Å². The molecule has 0 radical (unpaired) electrons. The van der Waals surface area contributed by atoms with Gasteiger partial charge in [-0.15, -0.1) is 24.0 Å². The van der Waals surface area contributed by atoms with Crippen LogP contribution in [0.5, 0.6) is 0 Å². The van der Waals surface area contributed by atoms with Gasteiger partial charge >= 0.3 is 0 Å². The van der Waals surface area contributed by atoms with Crippen LogP contribution >= 0.6 is 47.2 Å². The number of hydrogen-bond acceptors (Lipinski definition) is 2. The number of aliphatic imine (C=N–C) groups is 1. The fraction of sp³-hybridized carbons (Fsp3) is 0.333. The summed E-state index contributed by atoms with van der Waals surface area (Å²) >= 11 is 12.2. The second-order valence-electron chi connectivity index (χ2n) is 7.05. The van der Waals surface area contributed by atoms with Crippen molar-refractivity contribution in [2.45, 2.75) is 38.8 Å². The van der Waals surface area contributed by atoms with E-state index >= 15 is 0 Å². The zero-order chi connectivity index (χ0) is 20.1. The van der Waals surface area contributed by atoms with Gasteiger partial charge in [-0.2, -0.15) is 0 Å². The number of hydrogen-bond donors (Lipinski definition) is 3. The van der Waals surface area contributed by atoms with E-state index in [1.165, 1.54) is 0 Å². The van der Waals surface area contributed by atoms with Crippen LogP contribution < -0.4 is 16.4 Å². The van der Waals surface area contributed by atoms with Crippen LogP contribution in [0, 0.1) is 5.92 Å². The molecule has 2 aromatic rings. The predicted octanol–water partition coefficient (Wildman–Crippen LogP) is 5.52. The molecule has 29 heavy (non-hydrogen) atoms. The largest absolute Gasteiger partial charge is 0.370 e. The Balaban J connectivity index is 0.00000300. The van der Waals surface area contributed by atoms with E-state index in [1.807, 2.05) is 37.3 Å². The molecule has 1 aliphatic rings. The highest BCUT2D eigenvalue weighted by atomic mass is 127. The summed E-state index contributed by atoms with van der Waals surface area (Å²) < 4.78 is 0. The zero-order valence-corrected chi connectivity index (χ0v) is 20.0. The molecule has 2 aromatic carbocycles. The van der Waals surface area contributed by atoms with E-state index in [0.29, 0.717) is 22.5 Å². The van der Waals surface area contributed by atoms with Gasteiger partial charge in [-0.3, -0.25) is 4.79 Å². The van der Waals surface area contributed by atoms with E-state index < -0.39 is 0 Å². The van der Waals surface area contributed by atoms with Crippen LogP contribution in [0.3, 0.4) is 0 Å². The number of anilines is 1. The number of rotatable bonds is 6. The van der Waals surface area contributed by atoms with Crippen LogP contribution in [0.25, 0.3) is 0 Å². The summed E-state index contributed by atoms with van der Waals surface area (Å²) in [5.41, 5.74) is 8.67. The van der Waals surface area contributed by atoms with Crippen LogP contribution in [0.1, 0.15) is 43.4 Å². The molecule has 1 saturated carbocycles. The summed E-state index contributed by atoms with van der Waals surface area (Å²) in [6, 6.07) is 12.9. The highest BCUT2D eigenvalue weighted by Crippen LogP contribution is 2.28. The molecule has 8 heteroatoms. The minimum Gasteiger partial charge on any atom is -0.370 e. The molecule has 1 atom stereocenters. The average molecular weight is 547 g/mol. The van der Waals surface area contributed by atoms with E-state index in [1.54, 1.807) is 12.1 Å². The van der Waals surface area contributed by atoms with Crippen molar-refractivity contribution in [1.29, 1.82) is 0 Å². The van der Waals surface area contributed by atoms with Crippen LogP contribution in [0.2, 0.25) is 10.0 Å². The van der Waals surface area contributed by atoms with Gasteiger partial charge in [-0.25, -0.2) is 4.99 Å². The lowest BCUT2D eigenvalue weighted by atomic mass is 9.85. The van der Waals surface area contributed by atoms with Gasteiger partial charge in [0, 0.05) is 21.7 Å². The first-order valence-corrected chi connectivity index (χ1v) is 10.1. The summed E-state index contributed by atoms with van der Waals surface area (Å²) in [6.07, 6.45) is 3.10. The first-order chi connectivity index (χ1) is 13.4. The molecule has 4 N–H and O–H groups in total. The molecular weight excluding hydrogens is 522 g/mol. The minimum absolute atomic E-state index is 0. The first-order valence-electron chi connectivity index (χ1n) is 9.33. The number of nitrogens with two attached hydrogens (primary N) is 1. The smallest absolute Gasteiger partial charge is 0.227 e. The molecule has 3 rings (SSSR count). The fourth-order valence-corrected chi connectivity index (χ4v) is 3.61. The fourth-order valence-electron chi connectivity index (χ4n) is 3.04. The number of carbonyl (C=O) groups excluding carboxylic acids is 1. The molecular formula is C21H25Cl2IN4O. The third-order valence-corrected chi connectivity index (χ3v) is 5.46. The van der Waals surface area contributed by atoms with Crippen molar-refractivity contribution < 1.29 is 4.79 Å². The Kier molecular flexibility index (Phi) is 9.04. The topological polar surface area (TPSA) is 79.5 Å². The number of nitrogens with one attached hydrogen (secondary N) is 2. The normalized spacial score (nSPS) is 15.1. The van der Waals surface area contributed by atoms with Crippen molar-refractivity contribution in [1.82, 2.24) is 5.32 Å². The second kappa shape index (κ2) is 11.0. The van der Waals surface area contributed by atoms with Gasteiger partial charge in [0.2, 0.25) is 5.91 Å². The Morgan fingerprint density at radius 3 is 2.66 bits per heavy atom. The molecule has 1 aliphatic carbocycles. The Morgan fingerprint density at radius 1 is 1.24 bits per heavy atom. The molecule has 0 bridgehead atoms. The molecule has 156 valence electrons. The molecule has 1 amide bonds. The first kappa shape index (κ1) is 23.8. The van der Waals surface area contributed by atoms with Crippen molar-refractivity contribution in [2.75, 3.05) is 5.32 Å². The number of nitrogens with zero attached hydrogens (tertiary/aromatic N) is 1. The van der Waals surface area contributed by atoms with Gasteiger partial charge in [-0.05, 0) is 55.2 Å². The third-order valence-electron chi connectivity index (χ3n) is 4.90. The van der Waals surface area contributed by atoms with Gasteiger partial charge in [-0.1, -0.05) is 47.8 Å². The van der Waals surface area contributed by atoms with Gasteiger partial charge in [0.05, 0.1) is 12.6 Å². The number of carbonyl (C=O) groups is 1. The summed E-state index contributed by atoms with van der Waals surface area (Å²) in [6.45, 7) is 2.36. The maximum atomic E-state index is 12.1. The molecule has 0 spiro atoms. The Labute approximate surface area is 198 Å². The quantitative estimate of drug-likeness (QED) is 0.254. The van der Waals surface area contributed by atoms with Crippen molar-refractivity contribution >= 4 is 64.7 Å². The number of guanidine groups is 1. The maximum absolute atomic E-state index is 12.1. The van der Waals surface area contributed by atoms with Crippen molar-refractivity contribution in [3.8, 4) is 0 Å². The van der Waals surface area contributed by atoms with Crippen molar-refractivity contribution in [3.05, 3.63) is 63.6 Å². The number of benzene rings is 2. The van der Waals surface area contributed by atoms with Gasteiger partial charge in [0.15, 0.2) is 5.96 Å². The Hall–Kier alpha value is -1.51. The van der Waals surface area contributed by atoms with Gasteiger partial charge < -0.3 is 16.4 Å². The van der Waals surface area contributed by atoms with Gasteiger partial charge in [0.25, 0.3) is 0 Å². The molecule has 0 aromatic heterocycles. The lowest BCUT2D eigenvalue weighted by molar-refractivity contribution is -0.122. The monoisotopic (exact) mass is 546 g/mol. The van der Waals surface area contributed by atoms with Crippen LogP contribution in [0.15, 0.2) is 47.5 Å². The van der Waals surface area contributed by atoms with Crippen LogP contribution in [-0.4, -0.2) is 11.9 Å². The maximum Gasteiger partial charge on any atom is 0.227 e. The SMILES string of the molecule is CC(NC(N)=NCc1cccc(NC(=O)C2CCC2)c1)c1ccc(Cl)cc1Cl.I. The minimum atomic E-state index is -0.110. The average Bonchev–Trinajstić information content (AvgIpc) is 2.58. The summed E-state index contributed by atoms with van der Waals surface area (Å²) in [4.78, 5) is 16.5. The molecule has 1 unspecified atom stereocenters. The van der Waals surface area contributed by atoms with E-state index in [2.05, 4.69) is 15.6 Å². The standard InChI is InChI=1S/C21H24Cl2N4O.HI/c1-13(18-9-8-16(22)11-19(18)23)26-21(24)25-12-14-4-2-7-17(10-14)27-20(28)15-5-3-6-15;/h2,4,7-11,13,15H,3,5-6,12H2,1H3,(H,27,28)(H3,24,25,26);1H. The highest BCUT2D eigenvalue weighted by Gasteiger charge is 2.25. The second-order valence-corrected chi connectivity index (χ2v) is 7.89. The van der Waals surface area contributed by atoms with Crippen molar-refractivity contribution in [2.24, 2.45) is 16.6 Å².